The summed E-state index contributed by atoms with van der Waals surface area (Å²) in [6.07, 6.45) is 2.74. The number of nitrogens with two attached hydrogens (primary N) is 1. The fourth-order valence-corrected chi connectivity index (χ4v) is 2.44. The molecule has 1 heterocycles. The summed E-state index contributed by atoms with van der Waals surface area (Å²) in [4.78, 5) is 2.36. The van der Waals surface area contributed by atoms with Crippen LogP contribution in [0.5, 0.6) is 0 Å². The second-order valence-electron chi connectivity index (χ2n) is 4.93. The van der Waals surface area contributed by atoms with E-state index in [1.165, 1.54) is 11.3 Å². The van der Waals surface area contributed by atoms with E-state index in [1.807, 2.05) is 6.92 Å². The average molecular weight is 234 g/mol. The van der Waals surface area contributed by atoms with E-state index in [1.54, 1.807) is 0 Å². The number of aliphatic hydroxyl groups is 1. The smallest absolute Gasteiger partial charge is 0.0528 e. The highest BCUT2D eigenvalue weighted by molar-refractivity contribution is 5.55. The van der Waals surface area contributed by atoms with Gasteiger partial charge in [-0.2, -0.15) is 0 Å². The fourth-order valence-electron chi connectivity index (χ4n) is 2.44. The maximum absolute atomic E-state index is 9.40. The van der Waals surface area contributed by atoms with Gasteiger partial charge in [-0.25, -0.2) is 0 Å². The molecule has 94 valence electrons. The van der Waals surface area contributed by atoms with Crippen LogP contribution in [0.25, 0.3) is 0 Å². The van der Waals surface area contributed by atoms with Gasteiger partial charge in [0.25, 0.3) is 0 Å². The second-order valence-corrected chi connectivity index (χ2v) is 4.93. The van der Waals surface area contributed by atoms with E-state index in [9.17, 15) is 5.11 Å². The first kappa shape index (κ1) is 12.4. The van der Waals surface area contributed by atoms with Crippen molar-refractivity contribution in [3.05, 3.63) is 29.8 Å². The van der Waals surface area contributed by atoms with Gasteiger partial charge in [-0.05, 0) is 37.8 Å². The molecule has 0 radical (unpaired) electrons. The average Bonchev–Trinajstić information content (AvgIpc) is 2.47. The lowest BCUT2D eigenvalue weighted by molar-refractivity contribution is 0.186. The molecule has 0 saturated carbocycles. The van der Waals surface area contributed by atoms with Crippen LogP contribution in [0.2, 0.25) is 0 Å². The fraction of sp³-hybridized carbons (Fsp3) is 0.571. The lowest BCUT2D eigenvalue weighted by Gasteiger charge is -2.25. The summed E-state index contributed by atoms with van der Waals surface area (Å²) in [5, 5.41) is 9.40. The summed E-state index contributed by atoms with van der Waals surface area (Å²) in [5.41, 5.74) is 8.68. The molecule has 3 heteroatoms. The predicted molar refractivity (Wildman–Crippen MR) is 71.1 cm³/mol. The normalized spacial score (nSPS) is 21.8. The Labute approximate surface area is 103 Å². The van der Waals surface area contributed by atoms with Gasteiger partial charge in [0.15, 0.2) is 0 Å². The molecule has 0 aromatic heterocycles. The second kappa shape index (κ2) is 5.52. The number of anilines is 1. The number of hydrogen-bond acceptors (Lipinski definition) is 3. The molecule has 0 saturated heterocycles. The molecular weight excluding hydrogens is 212 g/mol. The van der Waals surface area contributed by atoms with Crippen molar-refractivity contribution in [2.75, 3.05) is 18.0 Å². The molecule has 1 aliphatic heterocycles. The van der Waals surface area contributed by atoms with Crippen LogP contribution in [-0.4, -0.2) is 24.3 Å². The van der Waals surface area contributed by atoms with E-state index in [4.69, 9.17) is 5.73 Å². The van der Waals surface area contributed by atoms with Crippen LogP contribution in [0.3, 0.4) is 0 Å². The molecule has 0 bridgehead atoms. The van der Waals surface area contributed by atoms with Crippen molar-refractivity contribution >= 4 is 5.69 Å². The number of rotatable bonds is 3. The minimum Gasteiger partial charge on any atom is -0.393 e. The first-order valence-electron chi connectivity index (χ1n) is 6.46. The van der Waals surface area contributed by atoms with Crippen molar-refractivity contribution < 1.29 is 5.11 Å². The molecule has 17 heavy (non-hydrogen) atoms. The summed E-state index contributed by atoms with van der Waals surface area (Å²) in [5.74, 6) is 0. The van der Waals surface area contributed by atoms with Gasteiger partial charge in [0.05, 0.1) is 6.10 Å². The van der Waals surface area contributed by atoms with E-state index < -0.39 is 0 Å². The van der Waals surface area contributed by atoms with Crippen molar-refractivity contribution in [2.45, 2.75) is 38.3 Å². The van der Waals surface area contributed by atoms with Gasteiger partial charge in [-0.15, -0.1) is 0 Å². The van der Waals surface area contributed by atoms with Crippen molar-refractivity contribution in [3.63, 3.8) is 0 Å². The molecule has 2 unspecified atom stereocenters. The summed E-state index contributed by atoms with van der Waals surface area (Å²) in [6.45, 7) is 3.79. The zero-order valence-corrected chi connectivity index (χ0v) is 10.5. The third-order valence-corrected chi connectivity index (χ3v) is 3.44. The molecule has 1 aromatic rings. The predicted octanol–water partition coefficient (Wildman–Crippen LogP) is 2.06. The highest BCUT2D eigenvalue weighted by Crippen LogP contribution is 2.31. The summed E-state index contributed by atoms with van der Waals surface area (Å²) in [6, 6.07) is 8.54. The molecule has 2 rings (SSSR count). The summed E-state index contributed by atoms with van der Waals surface area (Å²) >= 11 is 0. The minimum absolute atomic E-state index is 0.155. The van der Waals surface area contributed by atoms with Crippen LogP contribution in [0.4, 0.5) is 5.69 Å². The van der Waals surface area contributed by atoms with Crippen LogP contribution in [0.15, 0.2) is 24.3 Å². The van der Waals surface area contributed by atoms with Gasteiger partial charge in [-0.3, -0.25) is 0 Å². The first-order chi connectivity index (χ1) is 8.18. The van der Waals surface area contributed by atoms with Crippen LogP contribution < -0.4 is 10.6 Å². The third kappa shape index (κ3) is 2.99. The van der Waals surface area contributed by atoms with E-state index in [2.05, 4.69) is 29.2 Å². The molecule has 0 amide bonds. The first-order valence-corrected chi connectivity index (χ1v) is 6.46. The summed E-state index contributed by atoms with van der Waals surface area (Å²) in [7, 11) is 0. The molecule has 2 atom stereocenters. The number of nitrogens with zero attached hydrogens (tertiary/aromatic N) is 1. The standard InChI is InChI=1S/C14H22N2O/c1-11(17)8-10-16-9-4-6-13(15)12-5-2-3-7-14(12)16/h2-3,5,7,11,13,17H,4,6,8-10,15H2,1H3. The molecule has 1 aromatic carbocycles. The lowest BCUT2D eigenvalue weighted by atomic mass is 10.0. The Morgan fingerprint density at radius 3 is 3.00 bits per heavy atom. The van der Waals surface area contributed by atoms with Gasteiger partial charge >= 0.3 is 0 Å². The van der Waals surface area contributed by atoms with E-state index in [-0.39, 0.29) is 12.1 Å². The van der Waals surface area contributed by atoms with Gasteiger partial charge in [0, 0.05) is 24.8 Å². The highest BCUT2D eigenvalue weighted by atomic mass is 16.3. The minimum atomic E-state index is -0.237. The van der Waals surface area contributed by atoms with E-state index >= 15 is 0 Å². The third-order valence-electron chi connectivity index (χ3n) is 3.44. The van der Waals surface area contributed by atoms with E-state index in [0.717, 1.165) is 32.4 Å². The van der Waals surface area contributed by atoms with Crippen LogP contribution >= 0.6 is 0 Å². The SMILES string of the molecule is CC(O)CCN1CCCC(N)c2ccccc21. The maximum Gasteiger partial charge on any atom is 0.0528 e. The molecular formula is C14H22N2O. The molecule has 0 spiro atoms. The molecule has 3 N–H and O–H groups in total. The maximum atomic E-state index is 9.40. The van der Waals surface area contributed by atoms with Crippen molar-refractivity contribution in [1.82, 2.24) is 0 Å². The van der Waals surface area contributed by atoms with Crippen molar-refractivity contribution in [1.29, 1.82) is 0 Å². The zero-order chi connectivity index (χ0) is 12.3. The number of hydrogen-bond donors (Lipinski definition) is 2. The van der Waals surface area contributed by atoms with E-state index in [0.29, 0.717) is 0 Å². The Kier molecular flexibility index (Phi) is 4.02. The largest absolute Gasteiger partial charge is 0.393 e. The van der Waals surface area contributed by atoms with Crippen LogP contribution in [0.1, 0.15) is 37.8 Å². The Hall–Kier alpha value is -1.06. The summed E-state index contributed by atoms with van der Waals surface area (Å²) < 4.78 is 0. The lowest BCUT2D eigenvalue weighted by Crippen LogP contribution is -2.27. The monoisotopic (exact) mass is 234 g/mol. The number of benzene rings is 1. The molecule has 1 aliphatic rings. The Bertz CT molecular complexity index is 365. The zero-order valence-electron chi connectivity index (χ0n) is 10.5. The number of fused-ring (bicyclic) bond motifs is 1. The Morgan fingerprint density at radius 2 is 2.24 bits per heavy atom. The molecule has 0 aliphatic carbocycles. The Morgan fingerprint density at radius 1 is 1.47 bits per heavy atom. The van der Waals surface area contributed by atoms with Gasteiger partial charge in [-0.1, -0.05) is 18.2 Å². The topological polar surface area (TPSA) is 49.5 Å². The van der Waals surface area contributed by atoms with Crippen molar-refractivity contribution in [3.8, 4) is 0 Å². The van der Waals surface area contributed by atoms with Gasteiger partial charge < -0.3 is 15.7 Å². The number of aliphatic hydroxyl groups excluding tert-OH is 1. The van der Waals surface area contributed by atoms with Gasteiger partial charge in [0.1, 0.15) is 0 Å². The number of para-hydroxylation sites is 1. The highest BCUT2D eigenvalue weighted by Gasteiger charge is 2.19. The molecule has 0 fully saturated rings. The Balaban J connectivity index is 2.19. The van der Waals surface area contributed by atoms with Crippen LogP contribution in [-0.2, 0) is 0 Å². The molecule has 3 nitrogen and oxygen atoms in total. The van der Waals surface area contributed by atoms with Gasteiger partial charge in [0.2, 0.25) is 0 Å². The van der Waals surface area contributed by atoms with Crippen molar-refractivity contribution in [2.24, 2.45) is 5.73 Å². The quantitative estimate of drug-likeness (QED) is 0.841. The van der Waals surface area contributed by atoms with Crippen LogP contribution in [0, 0.1) is 0 Å².